The molecule has 170 valence electrons. The molecule has 0 radical (unpaired) electrons. The third-order valence-electron chi connectivity index (χ3n) is 5.96. The molecule has 0 bridgehead atoms. The summed E-state index contributed by atoms with van der Waals surface area (Å²) in [6.45, 7) is 7.00. The molecular weight excluding hydrogens is 419 g/mol. The number of likely N-dealkylation sites (tertiary alicyclic amines) is 1. The van der Waals surface area contributed by atoms with Gasteiger partial charge in [-0.15, -0.1) is 13.2 Å². The van der Waals surface area contributed by atoms with Gasteiger partial charge in [-0.2, -0.15) is 0 Å². The van der Waals surface area contributed by atoms with Crippen molar-refractivity contribution in [3.8, 4) is 16.9 Å². The Morgan fingerprint density at radius 3 is 2.69 bits per heavy atom. The third-order valence-corrected chi connectivity index (χ3v) is 5.96. The van der Waals surface area contributed by atoms with Crippen molar-refractivity contribution < 1.29 is 17.9 Å². The monoisotopic (exact) mass is 445 g/mol. The number of piperidine rings is 1. The van der Waals surface area contributed by atoms with Gasteiger partial charge in [0.05, 0.1) is 17.2 Å². The summed E-state index contributed by atoms with van der Waals surface area (Å²) in [5.74, 6) is 0.0770. The Hall–Kier alpha value is -2.87. The van der Waals surface area contributed by atoms with E-state index in [-0.39, 0.29) is 11.3 Å². The summed E-state index contributed by atoms with van der Waals surface area (Å²) in [6.07, 6.45) is -0.987. The molecule has 0 aliphatic carbocycles. The van der Waals surface area contributed by atoms with E-state index in [0.717, 1.165) is 25.9 Å². The first kappa shape index (κ1) is 22.3. The zero-order valence-electron chi connectivity index (χ0n) is 18.1. The maximum absolute atomic E-state index is 13.2. The number of hydrogen-bond donors (Lipinski definition) is 0. The third kappa shape index (κ3) is 5.12. The molecule has 0 amide bonds. The first-order valence-corrected chi connectivity index (χ1v) is 10.8. The van der Waals surface area contributed by atoms with E-state index in [1.54, 1.807) is 35.2 Å². The van der Waals surface area contributed by atoms with Crippen molar-refractivity contribution in [3.63, 3.8) is 0 Å². The van der Waals surface area contributed by atoms with Crippen LogP contribution in [0.4, 0.5) is 13.2 Å². The Balaban J connectivity index is 1.62. The minimum Gasteiger partial charge on any atom is -0.406 e. The number of fused-ring (bicyclic) bond motifs is 1. The highest BCUT2D eigenvalue weighted by atomic mass is 19.4. The first-order valence-electron chi connectivity index (χ1n) is 10.8. The van der Waals surface area contributed by atoms with E-state index in [0.29, 0.717) is 40.5 Å². The largest absolute Gasteiger partial charge is 0.573 e. The second kappa shape index (κ2) is 8.94. The Labute approximate surface area is 184 Å². The summed E-state index contributed by atoms with van der Waals surface area (Å²) in [5.41, 5.74) is 1.58. The zero-order chi connectivity index (χ0) is 22.9. The number of halogens is 3. The summed E-state index contributed by atoms with van der Waals surface area (Å²) in [6, 6.07) is 11.4. The quantitative estimate of drug-likeness (QED) is 0.549. The second-order valence-corrected chi connectivity index (χ2v) is 8.61. The van der Waals surface area contributed by atoms with Gasteiger partial charge >= 0.3 is 6.36 Å². The van der Waals surface area contributed by atoms with Crippen molar-refractivity contribution in [3.05, 3.63) is 59.1 Å². The molecule has 4 rings (SSSR count). The number of benzene rings is 2. The van der Waals surface area contributed by atoms with Crippen molar-refractivity contribution in [2.45, 2.75) is 45.6 Å². The van der Waals surface area contributed by atoms with Gasteiger partial charge in [-0.05, 0) is 74.5 Å². The minimum absolute atomic E-state index is 0.138. The molecule has 8 heteroatoms. The molecule has 3 aromatic rings. The van der Waals surface area contributed by atoms with Crippen LogP contribution in [0.1, 0.15) is 26.7 Å². The molecule has 0 saturated carbocycles. The van der Waals surface area contributed by atoms with Gasteiger partial charge in [0.1, 0.15) is 5.75 Å². The molecule has 32 heavy (non-hydrogen) atoms. The molecule has 2 heterocycles. The molecule has 0 N–H and O–H groups in total. The second-order valence-electron chi connectivity index (χ2n) is 8.61. The first-order chi connectivity index (χ1) is 15.2. The van der Waals surface area contributed by atoms with Gasteiger partial charge in [-0.25, -0.2) is 4.98 Å². The van der Waals surface area contributed by atoms with Crippen LogP contribution in [0.25, 0.3) is 22.0 Å². The number of rotatable bonds is 5. The molecule has 1 saturated heterocycles. The zero-order valence-corrected chi connectivity index (χ0v) is 18.1. The molecule has 0 spiro atoms. The van der Waals surface area contributed by atoms with Crippen LogP contribution in [0.3, 0.4) is 0 Å². The van der Waals surface area contributed by atoms with Crippen LogP contribution in [0.5, 0.6) is 5.75 Å². The highest BCUT2D eigenvalue weighted by molar-refractivity contribution is 5.83. The smallest absolute Gasteiger partial charge is 0.406 e. The molecule has 1 aliphatic rings. The summed E-state index contributed by atoms with van der Waals surface area (Å²) < 4.78 is 43.4. The fourth-order valence-electron chi connectivity index (χ4n) is 4.33. The van der Waals surface area contributed by atoms with Crippen molar-refractivity contribution in [2.75, 3.05) is 13.1 Å². The van der Waals surface area contributed by atoms with Gasteiger partial charge in [0, 0.05) is 19.1 Å². The van der Waals surface area contributed by atoms with Crippen LogP contribution >= 0.6 is 0 Å². The molecular formula is C24H26F3N3O2. The average molecular weight is 445 g/mol. The lowest BCUT2D eigenvalue weighted by Gasteiger charge is -2.35. The Kier molecular flexibility index (Phi) is 6.24. The Bertz CT molecular complexity index is 1160. The number of ether oxygens (including phenoxy) is 1. The highest BCUT2D eigenvalue weighted by Gasteiger charge is 2.31. The summed E-state index contributed by atoms with van der Waals surface area (Å²) in [5, 5.41) is 0.448. The van der Waals surface area contributed by atoms with E-state index < -0.39 is 6.36 Å². The van der Waals surface area contributed by atoms with Gasteiger partial charge in [0.25, 0.3) is 5.56 Å². The maximum atomic E-state index is 13.2. The Morgan fingerprint density at radius 2 is 1.94 bits per heavy atom. The van der Waals surface area contributed by atoms with E-state index in [9.17, 15) is 18.0 Å². The maximum Gasteiger partial charge on any atom is 0.573 e. The minimum atomic E-state index is -4.76. The summed E-state index contributed by atoms with van der Waals surface area (Å²) in [4.78, 5) is 20.1. The fraction of sp³-hybridized carbons (Fsp3) is 0.417. The van der Waals surface area contributed by atoms with E-state index in [1.165, 1.54) is 18.2 Å². The van der Waals surface area contributed by atoms with Gasteiger partial charge < -0.3 is 9.64 Å². The van der Waals surface area contributed by atoms with Crippen LogP contribution in [0.2, 0.25) is 0 Å². The average Bonchev–Trinajstić information content (AvgIpc) is 2.75. The van der Waals surface area contributed by atoms with Gasteiger partial charge in [0.2, 0.25) is 0 Å². The molecule has 5 nitrogen and oxygen atoms in total. The lowest BCUT2D eigenvalue weighted by atomic mass is 9.97. The van der Waals surface area contributed by atoms with Crippen LogP contribution in [-0.2, 0) is 6.54 Å². The predicted molar refractivity (Wildman–Crippen MR) is 118 cm³/mol. The molecule has 2 aromatic carbocycles. The molecule has 1 aliphatic heterocycles. The van der Waals surface area contributed by atoms with E-state index in [4.69, 9.17) is 0 Å². The van der Waals surface area contributed by atoms with Crippen LogP contribution in [0, 0.1) is 5.92 Å². The summed E-state index contributed by atoms with van der Waals surface area (Å²) >= 11 is 0. The van der Waals surface area contributed by atoms with E-state index in [2.05, 4.69) is 28.5 Å². The normalized spacial score (nSPS) is 17.8. The van der Waals surface area contributed by atoms with Crippen molar-refractivity contribution >= 4 is 10.9 Å². The number of nitrogens with zero attached hydrogens (tertiary/aromatic N) is 3. The standard InChI is InChI=1S/C24H26F3N3O2/c1-16(2)29-10-4-5-17(13-29)14-30-15-28-22-9-8-19(12-21(22)23(30)31)18-6-3-7-20(11-18)32-24(25,26)27/h3,6-9,11-12,15-17H,4-5,10,13-14H2,1-2H3. The molecule has 1 unspecified atom stereocenters. The van der Waals surface area contributed by atoms with Crippen molar-refractivity contribution in [2.24, 2.45) is 5.92 Å². The lowest BCUT2D eigenvalue weighted by Crippen LogP contribution is -2.42. The molecule has 1 atom stereocenters. The number of alkyl halides is 3. The van der Waals surface area contributed by atoms with Gasteiger partial charge in [0.15, 0.2) is 0 Å². The molecule has 1 aromatic heterocycles. The lowest BCUT2D eigenvalue weighted by molar-refractivity contribution is -0.274. The number of hydrogen-bond acceptors (Lipinski definition) is 4. The van der Waals surface area contributed by atoms with E-state index >= 15 is 0 Å². The predicted octanol–water partition coefficient (Wildman–Crippen LogP) is 5.08. The van der Waals surface area contributed by atoms with Crippen molar-refractivity contribution in [1.29, 1.82) is 0 Å². The van der Waals surface area contributed by atoms with Gasteiger partial charge in [-0.1, -0.05) is 18.2 Å². The SMILES string of the molecule is CC(C)N1CCCC(Cn2cnc3ccc(-c4cccc(OC(F)(F)F)c4)cc3c2=O)C1. The fourth-order valence-corrected chi connectivity index (χ4v) is 4.33. The van der Waals surface area contributed by atoms with Crippen LogP contribution < -0.4 is 10.3 Å². The Morgan fingerprint density at radius 1 is 1.16 bits per heavy atom. The molecule has 1 fully saturated rings. The summed E-state index contributed by atoms with van der Waals surface area (Å²) in [7, 11) is 0. The van der Waals surface area contributed by atoms with E-state index in [1.807, 2.05) is 0 Å². The number of aromatic nitrogens is 2. The highest BCUT2D eigenvalue weighted by Crippen LogP contribution is 2.29. The topological polar surface area (TPSA) is 47.4 Å². The van der Waals surface area contributed by atoms with Crippen molar-refractivity contribution in [1.82, 2.24) is 14.5 Å². The van der Waals surface area contributed by atoms with Crippen LogP contribution in [0.15, 0.2) is 53.6 Å². The van der Waals surface area contributed by atoms with Crippen LogP contribution in [-0.4, -0.2) is 39.9 Å². The van der Waals surface area contributed by atoms with Gasteiger partial charge in [-0.3, -0.25) is 9.36 Å².